The van der Waals surface area contributed by atoms with Crippen molar-refractivity contribution in [3.8, 4) is 0 Å². The Morgan fingerprint density at radius 2 is 2.00 bits per heavy atom. The molecular weight excluding hydrogens is 234 g/mol. The van der Waals surface area contributed by atoms with Crippen molar-refractivity contribution < 1.29 is 14.3 Å². The third-order valence-electron chi connectivity index (χ3n) is 3.21. The van der Waals surface area contributed by atoms with Crippen LogP contribution in [-0.4, -0.2) is 46.9 Å². The molecule has 1 fully saturated rings. The molecule has 2 atom stereocenters. The lowest BCUT2D eigenvalue weighted by Crippen LogP contribution is -2.30. The summed E-state index contributed by atoms with van der Waals surface area (Å²) < 4.78 is 4.74. The molecule has 0 saturated carbocycles. The maximum absolute atomic E-state index is 12.1. The molecule has 6 nitrogen and oxygen atoms in total. The predicted octanol–water partition coefficient (Wildman–Crippen LogP) is 0.358. The highest BCUT2D eigenvalue weighted by Gasteiger charge is 2.37. The van der Waals surface area contributed by atoms with Gasteiger partial charge in [0, 0.05) is 25.5 Å². The molecule has 0 radical (unpaired) electrons. The summed E-state index contributed by atoms with van der Waals surface area (Å²) in [7, 11) is 1.37. The summed E-state index contributed by atoms with van der Waals surface area (Å²) in [6, 6.07) is 0. The number of nitrogens with zero attached hydrogens (tertiary/aromatic N) is 3. The molecule has 1 aromatic rings. The van der Waals surface area contributed by atoms with Gasteiger partial charge in [-0.3, -0.25) is 9.59 Å². The zero-order valence-electron chi connectivity index (χ0n) is 10.4. The molecule has 1 aliphatic heterocycles. The van der Waals surface area contributed by atoms with Crippen LogP contribution in [0.1, 0.15) is 17.3 Å². The lowest BCUT2D eigenvalue weighted by Gasteiger charge is -2.15. The van der Waals surface area contributed by atoms with Crippen molar-refractivity contribution in [1.82, 2.24) is 14.9 Å². The number of carbonyl (C=O) groups excluding carboxylic acids is 2. The largest absolute Gasteiger partial charge is 0.469 e. The highest BCUT2D eigenvalue weighted by atomic mass is 16.5. The maximum Gasteiger partial charge on any atom is 0.310 e. The monoisotopic (exact) mass is 249 g/mol. The molecule has 0 spiro atoms. The zero-order chi connectivity index (χ0) is 13.1. The van der Waals surface area contributed by atoms with Crippen LogP contribution >= 0.6 is 0 Å². The van der Waals surface area contributed by atoms with E-state index in [1.165, 1.54) is 25.8 Å². The van der Waals surface area contributed by atoms with E-state index >= 15 is 0 Å². The standard InChI is InChI=1S/C12H15N3O3/c1-8-5-15(6-10(8)12(17)18-2)11(16)9-3-13-7-14-4-9/h3-4,7-8,10H,5-6H2,1-2H3. The molecule has 2 heterocycles. The third-order valence-corrected chi connectivity index (χ3v) is 3.21. The summed E-state index contributed by atoms with van der Waals surface area (Å²) in [4.78, 5) is 33.0. The van der Waals surface area contributed by atoms with Gasteiger partial charge >= 0.3 is 5.97 Å². The summed E-state index contributed by atoms with van der Waals surface area (Å²) in [6.45, 7) is 2.88. The minimum absolute atomic E-state index is 0.103. The molecule has 0 bridgehead atoms. The van der Waals surface area contributed by atoms with Crippen molar-refractivity contribution >= 4 is 11.9 Å². The van der Waals surface area contributed by atoms with Crippen molar-refractivity contribution in [3.63, 3.8) is 0 Å². The second-order valence-corrected chi connectivity index (χ2v) is 4.44. The van der Waals surface area contributed by atoms with Gasteiger partial charge in [0.05, 0.1) is 18.6 Å². The van der Waals surface area contributed by atoms with Crippen LogP contribution < -0.4 is 0 Å². The number of hydrogen-bond acceptors (Lipinski definition) is 5. The number of esters is 1. The molecular formula is C12H15N3O3. The van der Waals surface area contributed by atoms with E-state index in [0.29, 0.717) is 18.7 Å². The fourth-order valence-electron chi connectivity index (χ4n) is 2.18. The average Bonchev–Trinajstić information content (AvgIpc) is 2.80. The van der Waals surface area contributed by atoms with Crippen LogP contribution in [0.25, 0.3) is 0 Å². The molecule has 1 amide bonds. The van der Waals surface area contributed by atoms with Gasteiger partial charge < -0.3 is 9.64 Å². The topological polar surface area (TPSA) is 72.4 Å². The van der Waals surface area contributed by atoms with Crippen LogP contribution in [-0.2, 0) is 9.53 Å². The van der Waals surface area contributed by atoms with E-state index in [9.17, 15) is 9.59 Å². The Hall–Kier alpha value is -1.98. The van der Waals surface area contributed by atoms with Crippen molar-refractivity contribution in [2.45, 2.75) is 6.92 Å². The van der Waals surface area contributed by atoms with Gasteiger partial charge in [-0.25, -0.2) is 9.97 Å². The molecule has 18 heavy (non-hydrogen) atoms. The molecule has 0 N–H and O–H groups in total. The van der Waals surface area contributed by atoms with Crippen molar-refractivity contribution in [2.24, 2.45) is 11.8 Å². The molecule has 6 heteroatoms. The number of rotatable bonds is 2. The summed E-state index contributed by atoms with van der Waals surface area (Å²) in [6.07, 6.45) is 4.33. The number of ether oxygens (including phenoxy) is 1. The van der Waals surface area contributed by atoms with E-state index in [1.54, 1.807) is 4.90 Å². The van der Waals surface area contributed by atoms with Crippen LogP contribution in [0.3, 0.4) is 0 Å². The SMILES string of the molecule is COC(=O)C1CN(C(=O)c2cncnc2)CC1C. The molecule has 1 aromatic heterocycles. The second-order valence-electron chi connectivity index (χ2n) is 4.44. The highest BCUT2D eigenvalue weighted by Crippen LogP contribution is 2.25. The number of amides is 1. The number of hydrogen-bond donors (Lipinski definition) is 0. The second kappa shape index (κ2) is 5.12. The Kier molecular flexibility index (Phi) is 3.55. The minimum Gasteiger partial charge on any atom is -0.469 e. The van der Waals surface area contributed by atoms with Crippen LogP contribution in [0.15, 0.2) is 18.7 Å². The van der Waals surface area contributed by atoms with Crippen LogP contribution in [0.5, 0.6) is 0 Å². The van der Waals surface area contributed by atoms with Gasteiger partial charge in [0.2, 0.25) is 0 Å². The fraction of sp³-hybridized carbons (Fsp3) is 0.500. The van der Waals surface area contributed by atoms with E-state index in [2.05, 4.69) is 9.97 Å². The van der Waals surface area contributed by atoms with Crippen molar-refractivity contribution in [3.05, 3.63) is 24.3 Å². The molecule has 1 aliphatic rings. The fourth-order valence-corrected chi connectivity index (χ4v) is 2.18. The number of carbonyl (C=O) groups is 2. The third kappa shape index (κ3) is 2.32. The van der Waals surface area contributed by atoms with E-state index in [-0.39, 0.29) is 23.7 Å². The summed E-state index contributed by atoms with van der Waals surface area (Å²) in [5, 5.41) is 0. The Morgan fingerprint density at radius 1 is 1.33 bits per heavy atom. The zero-order valence-corrected chi connectivity index (χ0v) is 10.4. The first kappa shape index (κ1) is 12.5. The highest BCUT2D eigenvalue weighted by molar-refractivity contribution is 5.94. The molecule has 2 rings (SSSR count). The molecule has 0 aliphatic carbocycles. The summed E-state index contributed by atoms with van der Waals surface area (Å²) in [5.41, 5.74) is 0.440. The molecule has 1 saturated heterocycles. The van der Waals surface area contributed by atoms with Gasteiger partial charge in [0.15, 0.2) is 0 Å². The van der Waals surface area contributed by atoms with Crippen LogP contribution in [0, 0.1) is 11.8 Å². The first-order chi connectivity index (χ1) is 8.63. The Morgan fingerprint density at radius 3 is 2.61 bits per heavy atom. The number of aromatic nitrogens is 2. The number of likely N-dealkylation sites (tertiary alicyclic amines) is 1. The minimum atomic E-state index is -0.262. The van der Waals surface area contributed by atoms with E-state index in [0.717, 1.165) is 0 Å². The lowest BCUT2D eigenvalue weighted by atomic mass is 9.99. The van der Waals surface area contributed by atoms with Crippen molar-refractivity contribution in [2.75, 3.05) is 20.2 Å². The quantitative estimate of drug-likeness (QED) is 0.707. The Labute approximate surface area is 105 Å². The van der Waals surface area contributed by atoms with Gasteiger partial charge in [-0.05, 0) is 5.92 Å². The van der Waals surface area contributed by atoms with Gasteiger partial charge in [-0.15, -0.1) is 0 Å². The van der Waals surface area contributed by atoms with E-state index in [1.807, 2.05) is 6.92 Å². The number of methoxy groups -OCH3 is 1. The lowest BCUT2D eigenvalue weighted by molar-refractivity contribution is -0.146. The van der Waals surface area contributed by atoms with Crippen molar-refractivity contribution in [1.29, 1.82) is 0 Å². The maximum atomic E-state index is 12.1. The first-order valence-corrected chi connectivity index (χ1v) is 5.75. The summed E-state index contributed by atoms with van der Waals surface area (Å²) in [5.74, 6) is -0.550. The van der Waals surface area contributed by atoms with Gasteiger partial charge in [-0.2, -0.15) is 0 Å². The van der Waals surface area contributed by atoms with E-state index in [4.69, 9.17) is 4.74 Å². The normalized spacial score (nSPS) is 22.9. The van der Waals surface area contributed by atoms with Gasteiger partial charge in [0.25, 0.3) is 5.91 Å². The van der Waals surface area contributed by atoms with E-state index < -0.39 is 0 Å². The molecule has 2 unspecified atom stereocenters. The summed E-state index contributed by atoms with van der Waals surface area (Å²) >= 11 is 0. The molecule has 0 aromatic carbocycles. The Balaban J connectivity index is 2.09. The first-order valence-electron chi connectivity index (χ1n) is 5.75. The van der Waals surface area contributed by atoms with Gasteiger partial charge in [-0.1, -0.05) is 6.92 Å². The molecule has 96 valence electrons. The Bertz CT molecular complexity index is 449. The predicted molar refractivity (Wildman–Crippen MR) is 62.6 cm³/mol. The van der Waals surface area contributed by atoms with Gasteiger partial charge in [0.1, 0.15) is 6.33 Å². The average molecular weight is 249 g/mol. The smallest absolute Gasteiger partial charge is 0.310 e. The van der Waals surface area contributed by atoms with Crippen LogP contribution in [0.2, 0.25) is 0 Å². The van der Waals surface area contributed by atoms with Crippen LogP contribution in [0.4, 0.5) is 0 Å².